The van der Waals surface area contributed by atoms with Gasteiger partial charge in [0.25, 0.3) is 0 Å². The molecule has 2 fully saturated rings. The first kappa shape index (κ1) is 91.4. The van der Waals surface area contributed by atoms with Crippen LogP contribution in [0.1, 0.15) is 95.0 Å². The number of fused-ring (bicyclic) bond motifs is 3. The van der Waals surface area contributed by atoms with Crippen LogP contribution < -0.4 is 81.0 Å². The lowest BCUT2D eigenvalue weighted by molar-refractivity contribution is -0.142. The number of aromatic nitrogens is 5. The van der Waals surface area contributed by atoms with Gasteiger partial charge in [-0.3, -0.25) is 81.5 Å². The van der Waals surface area contributed by atoms with E-state index in [1.807, 2.05) is 6.26 Å². The Morgan fingerprint density at radius 2 is 1.07 bits per heavy atom. The summed E-state index contributed by atoms with van der Waals surface area (Å²) >= 11 is 1.42. The number of amides is 16. The Bertz CT molecular complexity index is 4940. The number of carbonyl (C=O) groups is 17. The van der Waals surface area contributed by atoms with Crippen LogP contribution >= 0.6 is 33.3 Å². The van der Waals surface area contributed by atoms with E-state index in [2.05, 4.69) is 88.7 Å². The van der Waals surface area contributed by atoms with E-state index in [1.54, 1.807) is 99.0 Å². The van der Waals surface area contributed by atoms with Crippen molar-refractivity contribution >= 4 is 167 Å². The molecule has 9 rings (SSSR count). The average Bonchev–Trinajstić information content (AvgIpc) is 1.63. The second-order valence-corrected chi connectivity index (χ2v) is 32.8. The first-order chi connectivity index (χ1) is 57.3. The van der Waals surface area contributed by atoms with Crippen molar-refractivity contribution in [3.8, 4) is 0 Å². The highest BCUT2D eigenvalue weighted by Gasteiger charge is 2.42. The quantitative estimate of drug-likeness (QED) is 0.0200. The molecule has 120 heavy (non-hydrogen) atoms. The number of aromatic amines is 4. The molecule has 0 radical (unpaired) electrons. The van der Waals surface area contributed by atoms with Crippen molar-refractivity contribution in [1.82, 2.24) is 93.6 Å². The first-order valence-electron chi connectivity index (χ1n) is 38.6. The van der Waals surface area contributed by atoms with Crippen molar-refractivity contribution in [2.75, 3.05) is 30.1 Å². The van der Waals surface area contributed by atoms with Gasteiger partial charge in [0.15, 0.2) is 0 Å². The van der Waals surface area contributed by atoms with Crippen LogP contribution in [-0.2, 0) is 107 Å². The predicted molar refractivity (Wildman–Crippen MR) is 444 cm³/mol. The minimum atomic E-state index is -2.10. The van der Waals surface area contributed by atoms with Gasteiger partial charge in [-0.1, -0.05) is 96.5 Å². The van der Waals surface area contributed by atoms with Gasteiger partial charge >= 0.3 is 5.97 Å². The molecule has 0 saturated carbocycles. The van der Waals surface area contributed by atoms with E-state index in [-0.39, 0.29) is 44.3 Å². The summed E-state index contributed by atoms with van der Waals surface area (Å²) in [5, 5.41) is 43.0. The molecule has 16 amide bonds. The number of carboxylic acid groups (broad SMARTS) is 1. The molecular weight excluding hydrogens is 1620 g/mol. The zero-order valence-electron chi connectivity index (χ0n) is 66.2. The summed E-state index contributed by atoms with van der Waals surface area (Å²) in [6, 6.07) is -0.594. The molecule has 14 atom stereocenters. The van der Waals surface area contributed by atoms with Crippen LogP contribution in [0.25, 0.3) is 32.7 Å². The molecule has 0 bridgehead atoms. The predicted octanol–water partition coefficient (Wildman–Crippen LogP) is -2.12. The number of hydrogen-bond donors (Lipinski definition) is 20. The number of nitrogens with zero attached hydrogens (tertiary/aromatic N) is 2. The smallest absolute Gasteiger partial charge is 0.305 e. The van der Waals surface area contributed by atoms with Gasteiger partial charge in [0, 0.05) is 114 Å². The highest BCUT2D eigenvalue weighted by Crippen LogP contribution is 2.28. The van der Waals surface area contributed by atoms with E-state index >= 15 is 24.0 Å². The Morgan fingerprint density at radius 3 is 1.60 bits per heavy atom. The molecule has 2 aliphatic heterocycles. The number of hydrogen-bond acceptors (Lipinski definition) is 21. The minimum absolute atomic E-state index is 0.0486. The van der Waals surface area contributed by atoms with Gasteiger partial charge in [-0.05, 0) is 79.0 Å². The molecule has 0 aliphatic carbocycles. The summed E-state index contributed by atoms with van der Waals surface area (Å²) < 4.78 is 0. The summed E-state index contributed by atoms with van der Waals surface area (Å²) in [7, 11) is 1.46. The van der Waals surface area contributed by atoms with Crippen molar-refractivity contribution < 1.29 is 86.6 Å². The van der Waals surface area contributed by atoms with E-state index in [4.69, 9.17) is 17.2 Å². The Morgan fingerprint density at radius 1 is 0.567 bits per heavy atom. The number of imidazole rings is 1. The van der Waals surface area contributed by atoms with Gasteiger partial charge in [-0.2, -0.15) is 11.8 Å². The number of rotatable bonds is 32. The number of para-hydroxylation sites is 3. The molecule has 42 heteroatoms. The fourth-order valence-electron chi connectivity index (χ4n) is 13.9. The highest BCUT2D eigenvalue weighted by atomic mass is 33.1. The van der Waals surface area contributed by atoms with Crippen LogP contribution in [0.2, 0.25) is 0 Å². The Kier molecular flexibility index (Phi) is 33.0. The molecule has 642 valence electrons. The van der Waals surface area contributed by atoms with Gasteiger partial charge in [-0.25, -0.2) is 4.98 Å². The van der Waals surface area contributed by atoms with E-state index in [9.17, 15) is 62.6 Å². The monoisotopic (exact) mass is 1710 g/mol. The number of likely N-dealkylation sites (tertiary alicyclic amines) is 1. The van der Waals surface area contributed by atoms with Crippen LogP contribution in [0.4, 0.5) is 0 Å². The molecule has 0 unspecified atom stereocenters. The molecule has 7 aromatic rings. The van der Waals surface area contributed by atoms with Gasteiger partial charge < -0.3 is 111 Å². The van der Waals surface area contributed by atoms with Crippen molar-refractivity contribution in [3.05, 3.63) is 126 Å². The summed E-state index contributed by atoms with van der Waals surface area (Å²) in [4.78, 5) is 260. The van der Waals surface area contributed by atoms with Gasteiger partial charge in [-0.15, -0.1) is 0 Å². The first-order valence-corrected chi connectivity index (χ1v) is 42.5. The minimum Gasteiger partial charge on any atom is -0.481 e. The maximum atomic E-state index is 15.4. The third-order valence-corrected chi connectivity index (χ3v) is 23.5. The molecule has 2 aliphatic rings. The third kappa shape index (κ3) is 25.3. The maximum Gasteiger partial charge on any atom is 0.305 e. The number of aliphatic carboxylic acids is 1. The topological polar surface area (TPSA) is 612 Å². The van der Waals surface area contributed by atoms with Gasteiger partial charge in [0.1, 0.15) is 78.5 Å². The number of H-pyrrole nitrogens is 4. The SMILES string of the molecule is CC[C@H](C)[C@H](NC(=O)[C@H](C)NC(=O)[C@H](Cc1c[nH]c2ccccc12)NC(=O)[C@H](CCSC)NC(C)=O)C(=O)N[C@H]1CSSC[C@@H](C(=O)N[C@@H](Cc2c[nH]c3ccccc23)C(=O)N2CCC[C@H]2C(N)=O)NC(=O)[C@H](CC(=O)O)NC(=O)[C@H](Cc2cnc[nH]2)NC(=O)[C@H](Cc2c[nH]c3ccccc23)NC(=O)[C@H](CC(N)=O)NC(=O)[C@H](CC(N)=O)NC1=O. The number of carbonyl (C=O) groups excluding carboxylic acids is 16. The number of nitrogens with one attached hydrogen (secondary N) is 16. The van der Waals surface area contributed by atoms with Crippen LogP contribution in [0, 0.1) is 5.92 Å². The van der Waals surface area contributed by atoms with Gasteiger partial charge in [0.05, 0.1) is 25.6 Å². The summed E-state index contributed by atoms with van der Waals surface area (Å²) in [5.74, 6) is -19.9. The van der Waals surface area contributed by atoms with E-state index in [0.29, 0.717) is 50.7 Å². The van der Waals surface area contributed by atoms with Crippen molar-refractivity contribution in [3.63, 3.8) is 0 Å². The normalized spacial score (nSPS) is 20.8. The van der Waals surface area contributed by atoms with Crippen LogP contribution in [0.5, 0.6) is 0 Å². The molecule has 3 aromatic carbocycles. The van der Waals surface area contributed by atoms with Crippen LogP contribution in [0.15, 0.2) is 104 Å². The maximum absolute atomic E-state index is 15.4. The fraction of sp³-hybridized carbons (Fsp3) is 0.436. The standard InChI is InChI=1S/C78H99N21O18S3/c1-6-38(2)65(98-67(106)39(3)87-69(108)52(24-41-31-83-48-17-10-7-14-45(41)48)89-68(107)51(21-23-118-5)88-40(4)100)77(116)97-60-36-120-119-35-59(76(115)95-58(78(117)99-22-13-20-61(99)66(81)105)26-43-33-85-50-19-12-9-16-47(43)50)96-74(113)57(30-64(103)104)94-71(110)54(27-44-34-82-37-86-44)91-70(109)53(25-42-32-84-49-18-11-8-15-46(42)49)90-72(111)55(28-62(79)101)92-73(112)56(29-63(80)102)93-75(60)114/h7-12,14-19,31-34,37-39,51-61,65,83-85H,6,13,20-30,35-36H2,1-5H3,(H2,79,101)(H2,80,102)(H2,81,105)(H,82,86)(H,87,108)(H,88,100)(H,89,107)(H,90,111)(H,91,109)(H,92,112)(H,93,114)(H,94,110)(H,95,115)(H,96,113)(H,97,116)(H,98,106)(H,103,104)/t38-,39-,51-,52-,53-,54-,55-,56-,57-,58-,59-,60-,61-,65-/m0/s1. The second kappa shape index (κ2) is 43.3. The number of nitrogens with two attached hydrogens (primary N) is 3. The molecule has 4 aromatic heterocycles. The van der Waals surface area contributed by atoms with Gasteiger partial charge in [0.2, 0.25) is 94.5 Å². The Balaban J connectivity index is 1.08. The number of benzene rings is 3. The molecule has 2 saturated heterocycles. The lowest BCUT2D eigenvalue weighted by Gasteiger charge is -2.30. The van der Waals surface area contributed by atoms with E-state index < -0.39 is 229 Å². The Labute approximate surface area is 699 Å². The highest BCUT2D eigenvalue weighted by molar-refractivity contribution is 8.76. The van der Waals surface area contributed by atoms with Crippen molar-refractivity contribution in [1.29, 1.82) is 0 Å². The average molecular weight is 1710 g/mol. The lowest BCUT2D eigenvalue weighted by Crippen LogP contribution is -2.62. The van der Waals surface area contributed by atoms with Crippen molar-refractivity contribution in [2.45, 2.75) is 177 Å². The summed E-state index contributed by atoms with van der Waals surface area (Å²) in [6.45, 7) is 5.83. The number of thioether (sulfide) groups is 1. The molecule has 0 spiro atoms. The third-order valence-electron chi connectivity index (χ3n) is 20.4. The zero-order valence-corrected chi connectivity index (χ0v) is 68.7. The summed E-state index contributed by atoms with van der Waals surface area (Å²) in [6.07, 6.45) is 5.63. The van der Waals surface area contributed by atoms with Crippen LogP contribution in [-0.4, -0.2) is 244 Å². The largest absolute Gasteiger partial charge is 0.481 e. The molecule has 23 N–H and O–H groups in total. The molecular formula is C78H99N21O18S3. The second-order valence-electron chi connectivity index (χ2n) is 29.3. The van der Waals surface area contributed by atoms with E-state index in [1.165, 1.54) is 49.2 Å². The number of carboxylic acids is 1. The Hall–Kier alpha value is -12.5. The summed E-state index contributed by atoms with van der Waals surface area (Å²) in [5.41, 5.74) is 20.9. The fourth-order valence-corrected chi connectivity index (χ4v) is 16.7. The zero-order chi connectivity index (χ0) is 87.0. The lowest BCUT2D eigenvalue weighted by atomic mass is 9.97. The molecule has 6 heterocycles. The van der Waals surface area contributed by atoms with Crippen molar-refractivity contribution in [2.24, 2.45) is 23.1 Å². The van der Waals surface area contributed by atoms with Crippen LogP contribution in [0.3, 0.4) is 0 Å². The number of primary amides is 3. The van der Waals surface area contributed by atoms with E-state index in [0.717, 1.165) is 32.5 Å². The molecule has 39 nitrogen and oxygen atoms in total.